The first kappa shape index (κ1) is 17.8. The van der Waals surface area contributed by atoms with Gasteiger partial charge in [0, 0.05) is 11.1 Å². The molecular weight excluding hydrogens is 388 g/mol. The number of hydrogen-bond donors (Lipinski definition) is 0. The summed E-state index contributed by atoms with van der Waals surface area (Å²) in [5, 5.41) is 0. The van der Waals surface area contributed by atoms with Crippen LogP contribution in [0.15, 0.2) is 76.5 Å². The van der Waals surface area contributed by atoms with Crippen LogP contribution in [0, 0.1) is 0 Å². The Morgan fingerprint density at radius 3 is 2.48 bits per heavy atom. The lowest BCUT2D eigenvalue weighted by Crippen LogP contribution is -2.21. The highest BCUT2D eigenvalue weighted by Gasteiger charge is 2.35. The Morgan fingerprint density at radius 1 is 0.897 bits per heavy atom. The molecule has 144 valence electrons. The van der Waals surface area contributed by atoms with Gasteiger partial charge in [-0.25, -0.2) is 13.2 Å². The summed E-state index contributed by atoms with van der Waals surface area (Å²) in [5.74, 6) is -0.967. The van der Waals surface area contributed by atoms with Crippen LogP contribution in [0.5, 0.6) is 0 Å². The highest BCUT2D eigenvalue weighted by Crippen LogP contribution is 2.37. The highest BCUT2D eigenvalue weighted by atomic mass is 32.2. The van der Waals surface area contributed by atoms with Gasteiger partial charge in [-0.15, -0.1) is 0 Å². The van der Waals surface area contributed by atoms with Gasteiger partial charge in [-0.2, -0.15) is 0 Å². The molecule has 29 heavy (non-hydrogen) atoms. The van der Waals surface area contributed by atoms with Crippen LogP contribution in [0.1, 0.15) is 49.9 Å². The Balaban J connectivity index is 1.51. The van der Waals surface area contributed by atoms with Crippen molar-refractivity contribution in [1.82, 2.24) is 0 Å². The fourth-order valence-electron chi connectivity index (χ4n) is 4.05. The minimum Gasteiger partial charge on any atom is -0.454 e. The van der Waals surface area contributed by atoms with E-state index in [0.717, 1.165) is 17.5 Å². The van der Waals surface area contributed by atoms with Gasteiger partial charge < -0.3 is 4.74 Å². The van der Waals surface area contributed by atoms with Gasteiger partial charge in [0.15, 0.2) is 5.78 Å². The lowest BCUT2D eigenvalue weighted by Gasteiger charge is -2.19. The zero-order valence-electron chi connectivity index (χ0n) is 15.3. The third-order valence-electron chi connectivity index (χ3n) is 5.50. The van der Waals surface area contributed by atoms with Gasteiger partial charge >= 0.3 is 5.97 Å². The second kappa shape index (κ2) is 6.39. The van der Waals surface area contributed by atoms with Gasteiger partial charge in [-0.05, 0) is 54.3 Å². The molecule has 3 aromatic rings. The van der Waals surface area contributed by atoms with Crippen molar-refractivity contribution < 1.29 is 22.7 Å². The van der Waals surface area contributed by atoms with Crippen molar-refractivity contribution in [2.24, 2.45) is 0 Å². The summed E-state index contributed by atoms with van der Waals surface area (Å²) < 4.78 is 31.7. The van der Waals surface area contributed by atoms with Crippen LogP contribution in [-0.4, -0.2) is 20.2 Å². The smallest absolute Gasteiger partial charge is 0.338 e. The van der Waals surface area contributed by atoms with Crippen molar-refractivity contribution >= 4 is 21.6 Å². The monoisotopic (exact) mass is 404 g/mol. The van der Waals surface area contributed by atoms with Crippen molar-refractivity contribution in [3.63, 3.8) is 0 Å². The summed E-state index contributed by atoms with van der Waals surface area (Å²) in [6.45, 7) is 0. The average molecular weight is 404 g/mol. The molecular formula is C23H16O5S. The van der Waals surface area contributed by atoms with Crippen LogP contribution in [0.25, 0.3) is 0 Å². The molecule has 1 atom stereocenters. The normalized spacial score (nSPS) is 18.5. The Morgan fingerprint density at radius 2 is 1.62 bits per heavy atom. The maximum atomic E-state index is 13.0. The van der Waals surface area contributed by atoms with E-state index in [4.69, 9.17) is 4.74 Å². The molecule has 0 fully saturated rings. The van der Waals surface area contributed by atoms with E-state index in [1.165, 1.54) is 30.3 Å². The van der Waals surface area contributed by atoms with Gasteiger partial charge in [-0.3, -0.25) is 4.79 Å². The van der Waals surface area contributed by atoms with Gasteiger partial charge in [0.25, 0.3) is 0 Å². The van der Waals surface area contributed by atoms with Crippen LogP contribution < -0.4 is 0 Å². The average Bonchev–Trinajstić information content (AvgIpc) is 3.15. The number of sulfone groups is 1. The summed E-state index contributed by atoms with van der Waals surface area (Å²) in [6.07, 6.45) is 1.17. The Hall–Kier alpha value is -3.25. The molecule has 3 aromatic carbocycles. The largest absolute Gasteiger partial charge is 0.454 e. The molecule has 5 nitrogen and oxygen atoms in total. The zero-order chi connectivity index (χ0) is 20.2. The Bertz CT molecular complexity index is 1290. The van der Waals surface area contributed by atoms with Crippen molar-refractivity contribution in [1.29, 1.82) is 0 Å². The lowest BCUT2D eigenvalue weighted by atomic mass is 10.0. The van der Waals surface area contributed by atoms with Gasteiger partial charge in [0.1, 0.15) is 6.10 Å². The third-order valence-corrected chi connectivity index (χ3v) is 7.35. The molecule has 1 heterocycles. The van der Waals surface area contributed by atoms with Crippen molar-refractivity contribution in [3.8, 4) is 0 Å². The number of benzene rings is 3. The van der Waals surface area contributed by atoms with Gasteiger partial charge in [-0.1, -0.05) is 36.4 Å². The molecule has 0 spiro atoms. The van der Waals surface area contributed by atoms with Gasteiger partial charge in [0.2, 0.25) is 9.84 Å². The summed E-state index contributed by atoms with van der Waals surface area (Å²) in [5.41, 5.74) is 2.48. The van der Waals surface area contributed by atoms with Gasteiger partial charge in [0.05, 0.1) is 15.4 Å². The van der Waals surface area contributed by atoms with E-state index in [-0.39, 0.29) is 38.4 Å². The van der Waals surface area contributed by atoms with E-state index in [9.17, 15) is 18.0 Å². The number of fused-ring (bicyclic) bond motifs is 3. The van der Waals surface area contributed by atoms with Crippen LogP contribution in [0.2, 0.25) is 0 Å². The summed E-state index contributed by atoms with van der Waals surface area (Å²) >= 11 is 0. The quantitative estimate of drug-likeness (QED) is 0.474. The molecule has 0 bridgehead atoms. The second-order valence-corrected chi connectivity index (χ2v) is 9.06. The van der Waals surface area contributed by atoms with Crippen LogP contribution in [-0.2, 0) is 21.0 Å². The number of hydrogen-bond acceptors (Lipinski definition) is 5. The predicted octanol–water partition coefficient (Wildman–Crippen LogP) is 3.91. The molecule has 0 N–H and O–H groups in total. The molecule has 2 aliphatic rings. The molecule has 0 amide bonds. The number of rotatable bonds is 2. The lowest BCUT2D eigenvalue weighted by molar-refractivity contribution is 0.0301. The maximum Gasteiger partial charge on any atom is 0.338 e. The second-order valence-electron chi connectivity index (χ2n) is 7.17. The minimum atomic E-state index is -3.89. The molecule has 0 unspecified atom stereocenters. The molecule has 0 aromatic heterocycles. The SMILES string of the molecule is O=C(O[C@H]1CCc2ccccc21)c1ccc2c(c1)S(=O)(=O)c1ccccc1C2=O. The summed E-state index contributed by atoms with van der Waals surface area (Å²) in [6, 6.07) is 18.0. The maximum absolute atomic E-state index is 13.0. The number of aryl methyl sites for hydroxylation is 1. The predicted molar refractivity (Wildman–Crippen MR) is 105 cm³/mol. The van der Waals surface area contributed by atoms with E-state index < -0.39 is 15.8 Å². The number of ketones is 1. The Kier molecular flexibility index (Phi) is 3.93. The number of carbonyl (C=O) groups excluding carboxylic acids is 2. The topological polar surface area (TPSA) is 77.5 Å². The fraction of sp³-hybridized carbons (Fsp3) is 0.130. The van der Waals surface area contributed by atoms with Crippen LogP contribution in [0.4, 0.5) is 0 Å². The third kappa shape index (κ3) is 2.71. The highest BCUT2D eigenvalue weighted by molar-refractivity contribution is 7.91. The van der Waals surface area contributed by atoms with E-state index >= 15 is 0 Å². The number of esters is 1. The van der Waals surface area contributed by atoms with E-state index in [2.05, 4.69) is 0 Å². The molecule has 0 saturated heterocycles. The molecule has 1 aliphatic carbocycles. The zero-order valence-corrected chi connectivity index (χ0v) is 16.1. The number of carbonyl (C=O) groups is 2. The number of ether oxygens (including phenoxy) is 1. The van der Waals surface area contributed by atoms with Crippen molar-refractivity contribution in [2.75, 3.05) is 0 Å². The molecule has 1 aliphatic heterocycles. The van der Waals surface area contributed by atoms with Crippen molar-refractivity contribution in [3.05, 3.63) is 94.5 Å². The molecule has 0 saturated carbocycles. The molecule has 6 heteroatoms. The fourth-order valence-corrected chi connectivity index (χ4v) is 5.73. The minimum absolute atomic E-state index is 0.0345. The summed E-state index contributed by atoms with van der Waals surface area (Å²) in [7, 11) is -3.89. The Labute approximate surface area is 167 Å². The van der Waals surface area contributed by atoms with E-state index in [1.54, 1.807) is 12.1 Å². The van der Waals surface area contributed by atoms with Crippen molar-refractivity contribution in [2.45, 2.75) is 28.7 Å². The van der Waals surface area contributed by atoms with Crippen LogP contribution >= 0.6 is 0 Å². The first-order chi connectivity index (χ1) is 14.0. The van der Waals surface area contributed by atoms with Crippen LogP contribution in [0.3, 0.4) is 0 Å². The van der Waals surface area contributed by atoms with E-state index in [1.807, 2.05) is 24.3 Å². The standard InChI is InChI=1S/C23H16O5S/c24-22-17-7-3-4-8-20(17)29(26,27)21-13-15(9-11-18(21)22)23(25)28-19-12-10-14-5-1-2-6-16(14)19/h1-9,11,13,19H,10,12H2/t19-/m0/s1. The summed E-state index contributed by atoms with van der Waals surface area (Å²) in [4.78, 5) is 25.3. The van der Waals surface area contributed by atoms with E-state index in [0.29, 0.717) is 6.42 Å². The first-order valence-corrected chi connectivity index (χ1v) is 10.8. The first-order valence-electron chi connectivity index (χ1n) is 9.28. The molecule has 5 rings (SSSR count). The molecule has 0 radical (unpaired) electrons.